The van der Waals surface area contributed by atoms with Gasteiger partial charge in [-0.2, -0.15) is 0 Å². The van der Waals surface area contributed by atoms with E-state index in [9.17, 15) is 18.5 Å². The van der Waals surface area contributed by atoms with Crippen LogP contribution in [0.4, 0.5) is 17.1 Å². The zero-order valence-corrected chi connectivity index (χ0v) is 14.7. The van der Waals surface area contributed by atoms with Gasteiger partial charge in [-0.1, -0.05) is 6.07 Å². The molecule has 3 N–H and O–H groups in total. The molecular formula is C16H19N3O4S. The molecule has 2 aromatic carbocycles. The van der Waals surface area contributed by atoms with E-state index in [-0.39, 0.29) is 22.0 Å². The van der Waals surface area contributed by atoms with E-state index in [1.807, 2.05) is 19.9 Å². The molecule has 128 valence electrons. The normalized spacial score (nSPS) is 11.3. The molecule has 0 spiro atoms. The molecule has 24 heavy (non-hydrogen) atoms. The highest BCUT2D eigenvalue weighted by atomic mass is 32.2. The molecule has 8 heteroatoms. The number of aryl methyl sites for hydroxylation is 2. The molecule has 0 saturated heterocycles. The predicted molar refractivity (Wildman–Crippen MR) is 93.7 cm³/mol. The molecule has 0 aliphatic rings. The number of nitrogen functional groups attached to an aromatic ring is 1. The van der Waals surface area contributed by atoms with E-state index in [1.165, 1.54) is 12.1 Å². The summed E-state index contributed by atoms with van der Waals surface area (Å²) in [5, 5.41) is 11.0. The summed E-state index contributed by atoms with van der Waals surface area (Å²) in [6.07, 6.45) is 0. The molecule has 2 rings (SSSR count). The Morgan fingerprint density at radius 3 is 2.08 bits per heavy atom. The SMILES string of the molecule is Cc1cc(C)c(C)c(S(=O)(=O)Nc2ccc(N)c([N+](=O)[O-])c2)c1C. The lowest BCUT2D eigenvalue weighted by Gasteiger charge is -2.16. The Bertz CT molecular complexity index is 911. The fourth-order valence-electron chi connectivity index (χ4n) is 2.56. The van der Waals surface area contributed by atoms with Crippen molar-refractivity contribution in [1.82, 2.24) is 0 Å². The van der Waals surface area contributed by atoms with E-state index >= 15 is 0 Å². The fourth-order valence-corrected chi connectivity index (χ4v) is 4.22. The van der Waals surface area contributed by atoms with Crippen molar-refractivity contribution in [3.8, 4) is 0 Å². The maximum Gasteiger partial charge on any atom is 0.294 e. The van der Waals surface area contributed by atoms with Crippen molar-refractivity contribution in [1.29, 1.82) is 0 Å². The molecule has 2 aromatic rings. The number of nitro benzene ring substituents is 1. The molecule has 0 bridgehead atoms. The van der Waals surface area contributed by atoms with Crippen LogP contribution in [0.2, 0.25) is 0 Å². The molecule has 0 amide bonds. The Morgan fingerprint density at radius 2 is 1.58 bits per heavy atom. The quantitative estimate of drug-likeness (QED) is 0.499. The minimum atomic E-state index is -3.89. The number of nitrogens with two attached hydrogens (primary N) is 1. The van der Waals surface area contributed by atoms with Gasteiger partial charge in [0, 0.05) is 6.07 Å². The second-order valence-electron chi connectivity index (χ2n) is 5.73. The first kappa shape index (κ1) is 17.7. The summed E-state index contributed by atoms with van der Waals surface area (Å²) in [6, 6.07) is 5.74. The largest absolute Gasteiger partial charge is 0.393 e. The number of rotatable bonds is 4. The maximum atomic E-state index is 12.8. The van der Waals surface area contributed by atoms with Gasteiger partial charge < -0.3 is 5.73 Å². The summed E-state index contributed by atoms with van der Waals surface area (Å²) in [5.74, 6) is 0. The van der Waals surface area contributed by atoms with Gasteiger partial charge in [-0.15, -0.1) is 0 Å². The molecule has 0 fully saturated rings. The lowest BCUT2D eigenvalue weighted by molar-refractivity contribution is -0.383. The smallest absolute Gasteiger partial charge is 0.294 e. The van der Waals surface area contributed by atoms with Gasteiger partial charge in [0.15, 0.2) is 0 Å². The molecule has 0 atom stereocenters. The molecule has 0 unspecified atom stereocenters. The van der Waals surface area contributed by atoms with Gasteiger partial charge >= 0.3 is 0 Å². The zero-order chi connectivity index (χ0) is 18.2. The molecule has 0 radical (unpaired) electrons. The topological polar surface area (TPSA) is 115 Å². The second-order valence-corrected chi connectivity index (χ2v) is 7.34. The molecule has 7 nitrogen and oxygen atoms in total. The van der Waals surface area contributed by atoms with Gasteiger partial charge in [0.05, 0.1) is 15.5 Å². The average Bonchev–Trinajstić information content (AvgIpc) is 2.46. The summed E-state index contributed by atoms with van der Waals surface area (Å²) in [5.41, 5.74) is 8.28. The molecule has 0 aromatic heterocycles. The minimum absolute atomic E-state index is 0.0262. The van der Waals surface area contributed by atoms with E-state index in [1.54, 1.807) is 13.8 Å². The van der Waals surface area contributed by atoms with Crippen LogP contribution in [-0.2, 0) is 10.0 Å². The third-order valence-corrected chi connectivity index (χ3v) is 5.70. The van der Waals surface area contributed by atoms with E-state index in [4.69, 9.17) is 5.73 Å². The van der Waals surface area contributed by atoms with Crippen LogP contribution in [0.5, 0.6) is 0 Å². The number of benzene rings is 2. The number of hydrogen-bond donors (Lipinski definition) is 2. The van der Waals surface area contributed by atoms with Crippen LogP contribution in [-0.4, -0.2) is 13.3 Å². The van der Waals surface area contributed by atoms with Crippen molar-refractivity contribution in [3.05, 3.63) is 56.6 Å². The lowest BCUT2D eigenvalue weighted by atomic mass is 10.0. The van der Waals surface area contributed by atoms with Crippen molar-refractivity contribution >= 4 is 27.1 Å². The van der Waals surface area contributed by atoms with Crippen molar-refractivity contribution in [2.24, 2.45) is 0 Å². The Hall–Kier alpha value is -2.61. The summed E-state index contributed by atoms with van der Waals surface area (Å²) in [4.78, 5) is 10.5. The molecule has 0 aliphatic heterocycles. The number of hydrogen-bond acceptors (Lipinski definition) is 5. The van der Waals surface area contributed by atoms with Gasteiger partial charge in [-0.3, -0.25) is 14.8 Å². The second kappa shape index (κ2) is 6.12. The van der Waals surface area contributed by atoms with Crippen molar-refractivity contribution in [2.45, 2.75) is 32.6 Å². The van der Waals surface area contributed by atoms with Crippen molar-refractivity contribution < 1.29 is 13.3 Å². The van der Waals surface area contributed by atoms with Gasteiger partial charge in [-0.25, -0.2) is 8.42 Å². The van der Waals surface area contributed by atoms with Crippen LogP contribution in [0.1, 0.15) is 22.3 Å². The van der Waals surface area contributed by atoms with E-state index in [2.05, 4.69) is 4.72 Å². The van der Waals surface area contributed by atoms with E-state index in [0.29, 0.717) is 11.1 Å². The summed E-state index contributed by atoms with van der Waals surface area (Å²) >= 11 is 0. The first-order valence-electron chi connectivity index (χ1n) is 7.18. The van der Waals surface area contributed by atoms with Crippen LogP contribution < -0.4 is 10.5 Å². The highest BCUT2D eigenvalue weighted by Gasteiger charge is 2.23. The average molecular weight is 349 g/mol. The Kier molecular flexibility index (Phi) is 4.52. The number of sulfonamides is 1. The molecule has 0 heterocycles. The molecule has 0 aliphatic carbocycles. The Balaban J connectivity index is 2.55. The minimum Gasteiger partial charge on any atom is -0.393 e. The van der Waals surface area contributed by atoms with E-state index in [0.717, 1.165) is 17.2 Å². The van der Waals surface area contributed by atoms with Crippen molar-refractivity contribution in [2.75, 3.05) is 10.5 Å². The Labute approximate surface area is 140 Å². The third kappa shape index (κ3) is 3.18. The first-order valence-corrected chi connectivity index (χ1v) is 8.67. The highest BCUT2D eigenvalue weighted by Crippen LogP contribution is 2.30. The van der Waals surface area contributed by atoms with Crippen LogP contribution in [0.3, 0.4) is 0 Å². The van der Waals surface area contributed by atoms with Crippen LogP contribution in [0, 0.1) is 37.8 Å². The predicted octanol–water partition coefficient (Wildman–Crippen LogP) is 3.21. The standard InChI is InChI=1S/C16H19N3O4S/c1-9-7-10(2)12(4)16(11(9)3)24(22,23)18-13-5-6-14(17)15(8-13)19(20)21/h5-8,18H,17H2,1-4H3. The Morgan fingerprint density at radius 1 is 1.04 bits per heavy atom. The maximum absolute atomic E-state index is 12.8. The van der Waals surface area contributed by atoms with Gasteiger partial charge in [-0.05, 0) is 62.1 Å². The number of nitrogens with zero attached hydrogens (tertiary/aromatic N) is 1. The van der Waals surface area contributed by atoms with Gasteiger partial charge in [0.1, 0.15) is 5.69 Å². The van der Waals surface area contributed by atoms with Gasteiger partial charge in [0.25, 0.3) is 15.7 Å². The van der Waals surface area contributed by atoms with Crippen LogP contribution in [0.15, 0.2) is 29.2 Å². The van der Waals surface area contributed by atoms with Gasteiger partial charge in [0.2, 0.25) is 0 Å². The summed E-state index contributed by atoms with van der Waals surface area (Å²) < 4.78 is 28.0. The lowest BCUT2D eigenvalue weighted by Crippen LogP contribution is -2.17. The summed E-state index contributed by atoms with van der Waals surface area (Å²) in [6.45, 7) is 7.16. The highest BCUT2D eigenvalue weighted by molar-refractivity contribution is 7.92. The zero-order valence-electron chi connectivity index (χ0n) is 13.9. The van der Waals surface area contributed by atoms with Crippen LogP contribution in [0.25, 0.3) is 0 Å². The van der Waals surface area contributed by atoms with Crippen LogP contribution >= 0.6 is 0 Å². The van der Waals surface area contributed by atoms with Crippen molar-refractivity contribution in [3.63, 3.8) is 0 Å². The number of anilines is 2. The first-order chi connectivity index (χ1) is 11.0. The summed E-state index contributed by atoms with van der Waals surface area (Å²) in [7, 11) is -3.89. The molecular weight excluding hydrogens is 330 g/mol. The fraction of sp³-hybridized carbons (Fsp3) is 0.250. The third-order valence-electron chi connectivity index (χ3n) is 4.05. The van der Waals surface area contributed by atoms with E-state index < -0.39 is 14.9 Å². The number of nitro groups is 1. The molecule has 0 saturated carbocycles. The number of nitrogens with one attached hydrogen (secondary N) is 1. The monoisotopic (exact) mass is 349 g/mol.